The van der Waals surface area contributed by atoms with Gasteiger partial charge in [0.15, 0.2) is 0 Å². The number of aliphatic imine (C=N–C) groups is 1. The summed E-state index contributed by atoms with van der Waals surface area (Å²) in [5.41, 5.74) is 10.4. The molecule has 0 saturated heterocycles. The molecule has 204 valence electrons. The van der Waals surface area contributed by atoms with Crippen LogP contribution in [0.2, 0.25) is 0 Å². The van der Waals surface area contributed by atoms with Crippen molar-refractivity contribution in [1.82, 2.24) is 0 Å². The molecule has 1 aliphatic carbocycles. The second kappa shape index (κ2) is 10.9. The van der Waals surface area contributed by atoms with Crippen molar-refractivity contribution >= 4 is 33.9 Å². The molecule has 0 N–H and O–H groups in total. The molecule has 3 aromatic rings. The third-order valence-corrected chi connectivity index (χ3v) is 8.53. The molecule has 6 rings (SSSR count). The van der Waals surface area contributed by atoms with E-state index >= 15 is 0 Å². The van der Waals surface area contributed by atoms with Crippen molar-refractivity contribution in [2.75, 3.05) is 11.9 Å². The van der Waals surface area contributed by atoms with Crippen molar-refractivity contribution in [2.24, 2.45) is 4.99 Å². The molecule has 0 spiro atoms. The van der Waals surface area contributed by atoms with Gasteiger partial charge >= 0.3 is 0 Å². The van der Waals surface area contributed by atoms with Crippen LogP contribution in [0, 0.1) is 0 Å². The molecule has 2 nitrogen and oxygen atoms in total. The lowest BCUT2D eigenvalue weighted by molar-refractivity contribution is 0.637. The second-order valence-corrected chi connectivity index (χ2v) is 11.6. The molecule has 3 aromatic carbocycles. The van der Waals surface area contributed by atoms with E-state index in [9.17, 15) is 0 Å². The van der Waals surface area contributed by atoms with Gasteiger partial charge in [0.1, 0.15) is 0 Å². The van der Waals surface area contributed by atoms with Gasteiger partial charge in [0.2, 0.25) is 0 Å². The van der Waals surface area contributed by atoms with E-state index in [1.54, 1.807) is 0 Å². The fourth-order valence-corrected chi connectivity index (χ4v) is 6.57. The Balaban J connectivity index is 0.00000158. The molecule has 0 bridgehead atoms. The number of likely N-dealkylation sites (N-methyl/N-ethyl adjacent to an activating group) is 1. The van der Waals surface area contributed by atoms with E-state index in [4.69, 9.17) is 4.99 Å². The number of hydrogen-bond donors (Lipinski definition) is 0. The van der Waals surface area contributed by atoms with Crippen LogP contribution in [0.1, 0.15) is 70.2 Å². The lowest BCUT2D eigenvalue weighted by Crippen LogP contribution is -2.24. The third kappa shape index (κ3) is 4.60. The number of fused-ring (bicyclic) bond motifs is 6. The van der Waals surface area contributed by atoms with Crippen LogP contribution < -0.4 is 4.90 Å². The Morgan fingerprint density at radius 3 is 2.38 bits per heavy atom. The van der Waals surface area contributed by atoms with E-state index in [1.807, 2.05) is 13.8 Å². The highest BCUT2D eigenvalue weighted by Gasteiger charge is 2.40. The highest BCUT2D eigenvalue weighted by molar-refractivity contribution is 6.12. The van der Waals surface area contributed by atoms with Crippen LogP contribution >= 0.6 is 0 Å². The van der Waals surface area contributed by atoms with E-state index in [0.717, 1.165) is 24.2 Å². The molecule has 0 fully saturated rings. The number of aryl methyl sites for hydroxylation is 1. The van der Waals surface area contributed by atoms with Crippen LogP contribution in [0.15, 0.2) is 108 Å². The van der Waals surface area contributed by atoms with Crippen molar-refractivity contribution in [3.05, 3.63) is 125 Å². The molecular formula is C38H42N2. The lowest BCUT2D eigenvalue weighted by atomic mass is 9.78. The molecule has 0 radical (unpaired) electrons. The third-order valence-electron chi connectivity index (χ3n) is 8.53. The molecule has 0 atom stereocenters. The van der Waals surface area contributed by atoms with Gasteiger partial charge in [-0.3, -0.25) is 4.99 Å². The number of benzene rings is 3. The summed E-state index contributed by atoms with van der Waals surface area (Å²) < 4.78 is 0. The van der Waals surface area contributed by atoms with Gasteiger partial charge in [0.25, 0.3) is 0 Å². The first-order valence-corrected chi connectivity index (χ1v) is 14.7. The summed E-state index contributed by atoms with van der Waals surface area (Å²) in [6, 6.07) is 17.5. The maximum Gasteiger partial charge on any atom is 0.0681 e. The summed E-state index contributed by atoms with van der Waals surface area (Å²) in [5, 5.41) is 2.57. The normalized spacial score (nSPS) is 19.3. The Morgan fingerprint density at radius 2 is 1.55 bits per heavy atom. The molecule has 2 aliphatic heterocycles. The predicted molar refractivity (Wildman–Crippen MR) is 176 cm³/mol. The van der Waals surface area contributed by atoms with Gasteiger partial charge in [-0.25, -0.2) is 0 Å². The van der Waals surface area contributed by atoms with Crippen molar-refractivity contribution in [3.8, 4) is 0 Å². The number of rotatable bonds is 4. The van der Waals surface area contributed by atoms with E-state index < -0.39 is 0 Å². The largest absolute Gasteiger partial charge is 0.347 e. The van der Waals surface area contributed by atoms with Gasteiger partial charge in [-0.1, -0.05) is 120 Å². The predicted octanol–water partition coefficient (Wildman–Crippen LogP) is 10.2. The van der Waals surface area contributed by atoms with Crippen LogP contribution in [0.5, 0.6) is 0 Å². The Hall–Kier alpha value is -3.91. The van der Waals surface area contributed by atoms with Crippen LogP contribution in [0.25, 0.3) is 16.8 Å². The molecule has 3 aliphatic rings. The average Bonchev–Trinajstić information content (AvgIpc) is 3.34. The van der Waals surface area contributed by atoms with Crippen LogP contribution in [-0.2, 0) is 17.3 Å². The zero-order chi connectivity index (χ0) is 28.5. The molecule has 0 aromatic heterocycles. The van der Waals surface area contributed by atoms with Gasteiger partial charge in [0, 0.05) is 29.3 Å². The second-order valence-electron chi connectivity index (χ2n) is 11.6. The van der Waals surface area contributed by atoms with Crippen molar-refractivity contribution in [1.29, 1.82) is 0 Å². The minimum absolute atomic E-state index is 0.0313. The van der Waals surface area contributed by atoms with Crippen LogP contribution in [-0.4, -0.2) is 12.8 Å². The molecule has 0 saturated carbocycles. The maximum atomic E-state index is 4.97. The molecule has 40 heavy (non-hydrogen) atoms. The van der Waals surface area contributed by atoms with Gasteiger partial charge in [-0.15, -0.1) is 0 Å². The first kappa shape index (κ1) is 27.6. The zero-order valence-corrected chi connectivity index (χ0v) is 25.1. The Bertz CT molecular complexity index is 1620. The lowest BCUT2D eigenvalue weighted by Gasteiger charge is -2.25. The van der Waals surface area contributed by atoms with E-state index in [2.05, 4.69) is 143 Å². The van der Waals surface area contributed by atoms with Crippen molar-refractivity contribution < 1.29 is 0 Å². The number of nitrogens with zero attached hydrogens (tertiary/aromatic N) is 2. The summed E-state index contributed by atoms with van der Waals surface area (Å²) >= 11 is 0. The summed E-state index contributed by atoms with van der Waals surface area (Å²) in [7, 11) is 2.19. The summed E-state index contributed by atoms with van der Waals surface area (Å²) in [6.45, 7) is 13.2. The molecular weight excluding hydrogens is 484 g/mol. The van der Waals surface area contributed by atoms with Crippen molar-refractivity contribution in [2.45, 2.75) is 65.2 Å². The fourth-order valence-electron chi connectivity index (χ4n) is 6.57. The monoisotopic (exact) mass is 526 g/mol. The summed E-state index contributed by atoms with van der Waals surface area (Å²) in [5.74, 6) is 0. The smallest absolute Gasteiger partial charge is 0.0681 e. The molecule has 0 amide bonds. The first-order valence-electron chi connectivity index (χ1n) is 14.7. The fraction of sp³-hybridized carbons (Fsp3) is 0.289. The molecule has 2 heterocycles. The molecule has 2 heteroatoms. The van der Waals surface area contributed by atoms with Crippen LogP contribution in [0.4, 0.5) is 11.4 Å². The molecule has 0 unspecified atom stereocenters. The van der Waals surface area contributed by atoms with E-state index in [0.29, 0.717) is 0 Å². The van der Waals surface area contributed by atoms with Gasteiger partial charge in [-0.05, 0) is 70.2 Å². The highest BCUT2D eigenvalue weighted by Crippen LogP contribution is 2.50. The Labute approximate surface area is 240 Å². The van der Waals surface area contributed by atoms with E-state index in [-0.39, 0.29) is 10.8 Å². The number of allylic oxidation sites excluding steroid dienone is 9. The highest BCUT2D eigenvalue weighted by atomic mass is 15.2. The quantitative estimate of drug-likeness (QED) is 0.309. The van der Waals surface area contributed by atoms with Gasteiger partial charge in [0.05, 0.1) is 11.4 Å². The minimum atomic E-state index is -0.122. The SMILES string of the molecule is CC.CN1/C(=C/C=C/C=C/C=C/C2=Nc3ccc4ccccc4c3C2(C)C)C(C)(C)c2c1ccc1c2C=CCC1. The van der Waals surface area contributed by atoms with E-state index in [1.165, 1.54) is 44.4 Å². The summed E-state index contributed by atoms with van der Waals surface area (Å²) in [6.07, 6.45) is 21.9. The van der Waals surface area contributed by atoms with Gasteiger partial charge < -0.3 is 4.90 Å². The minimum Gasteiger partial charge on any atom is -0.347 e. The van der Waals surface area contributed by atoms with Crippen molar-refractivity contribution in [3.63, 3.8) is 0 Å². The first-order chi connectivity index (χ1) is 19.3. The zero-order valence-electron chi connectivity index (χ0n) is 25.1. The Kier molecular flexibility index (Phi) is 7.55. The number of hydrogen-bond acceptors (Lipinski definition) is 2. The van der Waals surface area contributed by atoms with Crippen LogP contribution in [0.3, 0.4) is 0 Å². The topological polar surface area (TPSA) is 15.6 Å². The average molecular weight is 527 g/mol. The number of anilines is 1. The standard InChI is InChI=1S/C36H36N2.C2H6/c1-35(2)31(37-29-23-21-25-15-11-13-17-27(25)33(29)35)19-9-7-6-8-10-20-32-36(3,4)34-28-18-14-12-16-26(28)22-24-30(34)38(32)5;1-2/h6-11,13-15,17-24H,12,16H2,1-5H3;1-2H3/b7-6+,10-8+,19-9+,32-20+;. The van der Waals surface area contributed by atoms with Gasteiger partial charge in [-0.2, -0.15) is 0 Å². The Morgan fingerprint density at radius 1 is 0.800 bits per heavy atom. The maximum absolute atomic E-state index is 4.97. The summed E-state index contributed by atoms with van der Waals surface area (Å²) in [4.78, 5) is 7.33.